The van der Waals surface area contributed by atoms with Crippen LogP contribution >= 0.6 is 0 Å². The molecule has 0 fully saturated rings. The number of carbonyl (C=O) groups excluding carboxylic acids is 2. The van der Waals surface area contributed by atoms with E-state index in [1.165, 1.54) is 0 Å². The van der Waals surface area contributed by atoms with Crippen LogP contribution in [0.25, 0.3) is 0 Å². The highest BCUT2D eigenvalue weighted by Crippen LogP contribution is 2.19. The minimum absolute atomic E-state index is 0.138. The lowest BCUT2D eigenvalue weighted by atomic mass is 10.1. The molecule has 0 aliphatic carbocycles. The zero-order valence-corrected chi connectivity index (χ0v) is 16.1. The van der Waals surface area contributed by atoms with Crippen LogP contribution in [0.5, 0.6) is 0 Å². The summed E-state index contributed by atoms with van der Waals surface area (Å²) in [5.41, 5.74) is 4.39. The standard InChI is InChI=1S/C21H27N3O3/c1-15-6-4-7-16(2)20(15)23-14-19(25)24-18-10-8-17(9-11-18)21(26)22-12-5-13-27-3/h4,6-11,23H,5,12-14H2,1-3H3,(H,22,26)(H,24,25). The van der Waals surface area contributed by atoms with Crippen molar-refractivity contribution < 1.29 is 14.3 Å². The van der Waals surface area contributed by atoms with Crippen molar-refractivity contribution in [2.24, 2.45) is 0 Å². The van der Waals surface area contributed by atoms with Gasteiger partial charge in [-0.25, -0.2) is 0 Å². The van der Waals surface area contributed by atoms with E-state index in [9.17, 15) is 9.59 Å². The van der Waals surface area contributed by atoms with Gasteiger partial charge in [-0.2, -0.15) is 0 Å². The second kappa shape index (κ2) is 10.3. The Morgan fingerprint density at radius 1 is 1.00 bits per heavy atom. The molecule has 0 aliphatic heterocycles. The quantitative estimate of drug-likeness (QED) is 0.594. The Bertz CT molecular complexity index is 752. The van der Waals surface area contributed by atoms with Crippen LogP contribution in [-0.2, 0) is 9.53 Å². The van der Waals surface area contributed by atoms with E-state index in [1.807, 2.05) is 32.0 Å². The van der Waals surface area contributed by atoms with Crippen LogP contribution in [0.15, 0.2) is 42.5 Å². The molecule has 0 atom stereocenters. The van der Waals surface area contributed by atoms with E-state index in [4.69, 9.17) is 4.74 Å². The molecule has 2 rings (SSSR count). The Hall–Kier alpha value is -2.86. The summed E-state index contributed by atoms with van der Waals surface area (Å²) in [6, 6.07) is 12.8. The summed E-state index contributed by atoms with van der Waals surface area (Å²) in [6.45, 7) is 5.36. The molecule has 0 aromatic heterocycles. The molecule has 2 aromatic rings. The summed E-state index contributed by atoms with van der Waals surface area (Å²) >= 11 is 0. The first kappa shape index (κ1) is 20.5. The van der Waals surface area contributed by atoms with Crippen molar-refractivity contribution >= 4 is 23.2 Å². The molecular formula is C21H27N3O3. The zero-order valence-electron chi connectivity index (χ0n) is 16.1. The third-order valence-corrected chi connectivity index (χ3v) is 4.15. The molecule has 2 amide bonds. The van der Waals surface area contributed by atoms with Crippen molar-refractivity contribution in [1.82, 2.24) is 5.32 Å². The Labute approximate surface area is 160 Å². The maximum atomic E-state index is 12.2. The third-order valence-electron chi connectivity index (χ3n) is 4.15. The number of anilines is 2. The van der Waals surface area contributed by atoms with Gasteiger partial charge in [0.25, 0.3) is 5.91 Å². The Kier molecular flexibility index (Phi) is 7.82. The van der Waals surface area contributed by atoms with Gasteiger partial charge < -0.3 is 20.7 Å². The maximum absolute atomic E-state index is 12.2. The molecule has 3 N–H and O–H groups in total. The van der Waals surface area contributed by atoms with Crippen molar-refractivity contribution in [2.45, 2.75) is 20.3 Å². The van der Waals surface area contributed by atoms with E-state index >= 15 is 0 Å². The minimum Gasteiger partial charge on any atom is -0.385 e. The van der Waals surface area contributed by atoms with Crippen LogP contribution in [0.2, 0.25) is 0 Å². The number of rotatable bonds is 9. The lowest BCUT2D eigenvalue weighted by Gasteiger charge is -2.13. The van der Waals surface area contributed by atoms with Gasteiger partial charge >= 0.3 is 0 Å². The van der Waals surface area contributed by atoms with Crippen molar-refractivity contribution in [2.75, 3.05) is 37.4 Å². The molecule has 0 unspecified atom stereocenters. The topological polar surface area (TPSA) is 79.5 Å². The van der Waals surface area contributed by atoms with Crippen LogP contribution in [0.3, 0.4) is 0 Å². The number of ether oxygens (including phenoxy) is 1. The van der Waals surface area contributed by atoms with Gasteiger partial charge in [-0.15, -0.1) is 0 Å². The lowest BCUT2D eigenvalue weighted by molar-refractivity contribution is -0.114. The highest BCUT2D eigenvalue weighted by atomic mass is 16.5. The molecule has 0 spiro atoms. The van der Waals surface area contributed by atoms with Crippen LogP contribution in [-0.4, -0.2) is 38.6 Å². The molecule has 0 saturated carbocycles. The normalized spacial score (nSPS) is 10.3. The summed E-state index contributed by atoms with van der Waals surface area (Å²) in [7, 11) is 1.63. The van der Waals surface area contributed by atoms with Gasteiger partial charge in [0, 0.05) is 37.2 Å². The van der Waals surface area contributed by atoms with Crippen LogP contribution < -0.4 is 16.0 Å². The number of hydrogen-bond acceptors (Lipinski definition) is 4. The predicted molar refractivity (Wildman–Crippen MR) is 108 cm³/mol. The van der Waals surface area contributed by atoms with E-state index in [1.54, 1.807) is 31.4 Å². The van der Waals surface area contributed by atoms with Crippen molar-refractivity contribution in [3.63, 3.8) is 0 Å². The SMILES string of the molecule is COCCCNC(=O)c1ccc(NC(=O)CNc2c(C)cccc2C)cc1. The number of methoxy groups -OCH3 is 1. The summed E-state index contributed by atoms with van der Waals surface area (Å²) in [5.74, 6) is -0.282. The highest BCUT2D eigenvalue weighted by molar-refractivity contribution is 5.96. The van der Waals surface area contributed by atoms with E-state index in [2.05, 4.69) is 16.0 Å². The van der Waals surface area contributed by atoms with E-state index in [0.717, 1.165) is 23.2 Å². The summed E-state index contributed by atoms with van der Waals surface area (Å²) in [4.78, 5) is 24.2. The van der Waals surface area contributed by atoms with E-state index in [0.29, 0.717) is 24.4 Å². The van der Waals surface area contributed by atoms with Crippen molar-refractivity contribution in [1.29, 1.82) is 0 Å². The van der Waals surface area contributed by atoms with Crippen molar-refractivity contribution in [3.05, 3.63) is 59.2 Å². The second-order valence-electron chi connectivity index (χ2n) is 6.35. The number of amides is 2. The second-order valence-corrected chi connectivity index (χ2v) is 6.35. The predicted octanol–water partition coefficient (Wildman–Crippen LogP) is 3.12. The number of benzene rings is 2. The van der Waals surface area contributed by atoms with Gasteiger partial charge in [0.05, 0.1) is 6.54 Å². The van der Waals surface area contributed by atoms with E-state index < -0.39 is 0 Å². The molecule has 27 heavy (non-hydrogen) atoms. The van der Waals surface area contributed by atoms with Crippen molar-refractivity contribution in [3.8, 4) is 0 Å². The maximum Gasteiger partial charge on any atom is 0.251 e. The molecule has 0 heterocycles. The first-order chi connectivity index (χ1) is 13.0. The molecule has 144 valence electrons. The molecule has 0 radical (unpaired) electrons. The smallest absolute Gasteiger partial charge is 0.251 e. The first-order valence-electron chi connectivity index (χ1n) is 8.98. The van der Waals surface area contributed by atoms with Crippen LogP contribution in [0.4, 0.5) is 11.4 Å². The summed E-state index contributed by atoms with van der Waals surface area (Å²) in [6.07, 6.45) is 0.768. The zero-order chi connectivity index (χ0) is 19.6. The lowest BCUT2D eigenvalue weighted by Crippen LogP contribution is -2.25. The van der Waals surface area contributed by atoms with Gasteiger partial charge in [0.1, 0.15) is 0 Å². The number of carbonyl (C=O) groups is 2. The Morgan fingerprint density at radius 3 is 2.30 bits per heavy atom. The third kappa shape index (κ3) is 6.42. The number of hydrogen-bond donors (Lipinski definition) is 3. The van der Waals surface area contributed by atoms with Crippen LogP contribution in [0, 0.1) is 13.8 Å². The monoisotopic (exact) mass is 369 g/mol. The van der Waals surface area contributed by atoms with Gasteiger partial charge in [-0.1, -0.05) is 18.2 Å². The first-order valence-corrected chi connectivity index (χ1v) is 8.98. The Morgan fingerprint density at radius 2 is 1.67 bits per heavy atom. The van der Waals surface area contributed by atoms with Gasteiger partial charge in [-0.3, -0.25) is 9.59 Å². The number of aryl methyl sites for hydroxylation is 2. The number of para-hydroxylation sites is 1. The number of nitrogens with one attached hydrogen (secondary N) is 3. The fourth-order valence-electron chi connectivity index (χ4n) is 2.69. The summed E-state index contributed by atoms with van der Waals surface area (Å²) < 4.78 is 4.95. The largest absolute Gasteiger partial charge is 0.385 e. The molecule has 0 bridgehead atoms. The fourth-order valence-corrected chi connectivity index (χ4v) is 2.69. The molecule has 6 heteroatoms. The van der Waals surface area contributed by atoms with Gasteiger partial charge in [-0.05, 0) is 55.7 Å². The highest BCUT2D eigenvalue weighted by Gasteiger charge is 2.08. The van der Waals surface area contributed by atoms with Crippen LogP contribution in [0.1, 0.15) is 27.9 Å². The average molecular weight is 369 g/mol. The molecular weight excluding hydrogens is 342 g/mol. The fraction of sp³-hybridized carbons (Fsp3) is 0.333. The minimum atomic E-state index is -0.144. The van der Waals surface area contributed by atoms with Gasteiger partial charge in [0.2, 0.25) is 5.91 Å². The van der Waals surface area contributed by atoms with Gasteiger partial charge in [0.15, 0.2) is 0 Å². The Balaban J connectivity index is 1.83. The average Bonchev–Trinajstić information content (AvgIpc) is 2.65. The molecule has 2 aromatic carbocycles. The summed E-state index contributed by atoms with van der Waals surface area (Å²) in [5, 5.41) is 8.83. The molecule has 6 nitrogen and oxygen atoms in total. The molecule has 0 saturated heterocycles. The van der Waals surface area contributed by atoms with E-state index in [-0.39, 0.29) is 18.4 Å². The molecule has 0 aliphatic rings.